The lowest BCUT2D eigenvalue weighted by Crippen LogP contribution is -2.47. The van der Waals surface area contributed by atoms with Crippen LogP contribution in [0.5, 0.6) is 11.5 Å². The molecule has 1 aromatic carbocycles. The predicted molar refractivity (Wildman–Crippen MR) is 84.7 cm³/mol. The summed E-state index contributed by atoms with van der Waals surface area (Å²) in [6.45, 7) is 10.2. The quantitative estimate of drug-likeness (QED) is 0.839. The molecule has 1 amide bonds. The van der Waals surface area contributed by atoms with E-state index in [1.807, 2.05) is 12.1 Å². The number of carbonyl (C=O) groups is 1. The van der Waals surface area contributed by atoms with Crippen LogP contribution in [0.4, 0.5) is 0 Å². The Bertz CT molecular complexity index is 432. The van der Waals surface area contributed by atoms with E-state index in [0.717, 1.165) is 5.75 Å². The number of hydrogen-bond donors (Lipinski definition) is 1. The zero-order valence-corrected chi connectivity index (χ0v) is 13.8. The minimum Gasteiger partial charge on any atom is -0.497 e. The Hall–Kier alpha value is -1.71. The fraction of sp³-hybridized carbons (Fsp3) is 0.588. The van der Waals surface area contributed by atoms with Crippen molar-refractivity contribution in [2.45, 2.75) is 46.8 Å². The third kappa shape index (κ3) is 5.29. The predicted octanol–water partition coefficient (Wildman–Crippen LogP) is 3.26. The second kappa shape index (κ2) is 7.91. The third-order valence-corrected chi connectivity index (χ3v) is 3.49. The third-order valence-electron chi connectivity index (χ3n) is 3.49. The minimum absolute atomic E-state index is 0.0850. The number of carbonyl (C=O) groups excluding carboxylic acids is 1. The molecule has 1 rings (SSSR count). The number of amides is 1. The fourth-order valence-electron chi connectivity index (χ4n) is 2.30. The molecule has 118 valence electrons. The van der Waals surface area contributed by atoms with Crippen molar-refractivity contribution >= 4 is 5.91 Å². The molecule has 0 aliphatic carbocycles. The summed E-state index contributed by atoms with van der Waals surface area (Å²) in [5, 5.41) is 3.07. The summed E-state index contributed by atoms with van der Waals surface area (Å²) >= 11 is 0. The minimum atomic E-state index is -0.529. The van der Waals surface area contributed by atoms with Crippen LogP contribution < -0.4 is 14.8 Å². The highest BCUT2D eigenvalue weighted by Gasteiger charge is 2.23. The summed E-state index contributed by atoms with van der Waals surface area (Å²) in [6, 6.07) is 7.37. The van der Waals surface area contributed by atoms with Crippen molar-refractivity contribution in [1.82, 2.24) is 5.32 Å². The fourth-order valence-corrected chi connectivity index (χ4v) is 2.30. The van der Waals surface area contributed by atoms with E-state index >= 15 is 0 Å². The number of ether oxygens (including phenoxy) is 2. The monoisotopic (exact) mass is 293 g/mol. The highest BCUT2D eigenvalue weighted by Crippen LogP contribution is 2.18. The molecule has 0 saturated carbocycles. The van der Waals surface area contributed by atoms with Gasteiger partial charge in [-0.3, -0.25) is 4.79 Å². The first kappa shape index (κ1) is 17.3. The summed E-state index contributed by atoms with van der Waals surface area (Å²) in [6.07, 6.45) is -0.529. The van der Waals surface area contributed by atoms with Crippen LogP contribution in [0, 0.1) is 11.8 Å². The van der Waals surface area contributed by atoms with Crippen molar-refractivity contribution in [1.29, 1.82) is 0 Å². The maximum absolute atomic E-state index is 12.2. The molecule has 1 atom stereocenters. The van der Waals surface area contributed by atoms with E-state index in [1.165, 1.54) is 0 Å². The first-order valence-corrected chi connectivity index (χ1v) is 7.46. The standard InChI is InChI=1S/C17H27NO3/c1-11(2)16(12(3)4)18-17(19)13(5)21-15-9-7-14(20-6)8-10-15/h7-13,16H,1-6H3,(H,18,19). The SMILES string of the molecule is COc1ccc(OC(C)C(=O)NC(C(C)C)C(C)C)cc1. The Labute approximate surface area is 127 Å². The van der Waals surface area contributed by atoms with Crippen molar-refractivity contribution in [3.63, 3.8) is 0 Å². The van der Waals surface area contributed by atoms with Gasteiger partial charge in [-0.2, -0.15) is 0 Å². The van der Waals surface area contributed by atoms with E-state index in [1.54, 1.807) is 26.2 Å². The first-order chi connectivity index (χ1) is 9.85. The van der Waals surface area contributed by atoms with Gasteiger partial charge >= 0.3 is 0 Å². The lowest BCUT2D eigenvalue weighted by Gasteiger charge is -2.27. The lowest BCUT2D eigenvalue weighted by molar-refractivity contribution is -0.128. The van der Waals surface area contributed by atoms with Crippen molar-refractivity contribution in [3.05, 3.63) is 24.3 Å². The van der Waals surface area contributed by atoms with Crippen LogP contribution >= 0.6 is 0 Å². The van der Waals surface area contributed by atoms with Crippen molar-refractivity contribution in [3.8, 4) is 11.5 Å². The molecular weight excluding hydrogens is 266 g/mol. The van der Waals surface area contributed by atoms with Crippen LogP contribution in [-0.2, 0) is 4.79 Å². The molecular formula is C17H27NO3. The summed E-state index contributed by atoms with van der Waals surface area (Å²) in [5.41, 5.74) is 0. The normalized spacial score (nSPS) is 12.6. The van der Waals surface area contributed by atoms with Crippen molar-refractivity contribution < 1.29 is 14.3 Å². The summed E-state index contributed by atoms with van der Waals surface area (Å²) in [5.74, 6) is 2.12. The number of hydrogen-bond acceptors (Lipinski definition) is 3. The van der Waals surface area contributed by atoms with Crippen LogP contribution in [0.1, 0.15) is 34.6 Å². The maximum Gasteiger partial charge on any atom is 0.261 e. The van der Waals surface area contributed by atoms with Gasteiger partial charge in [0.1, 0.15) is 11.5 Å². The van der Waals surface area contributed by atoms with Crippen molar-refractivity contribution in [2.24, 2.45) is 11.8 Å². The van der Waals surface area contributed by atoms with E-state index < -0.39 is 6.10 Å². The molecule has 0 aliphatic rings. The van der Waals surface area contributed by atoms with Crippen LogP contribution in [0.2, 0.25) is 0 Å². The Morgan fingerprint density at radius 2 is 1.43 bits per heavy atom. The molecule has 1 N–H and O–H groups in total. The summed E-state index contributed by atoms with van der Waals surface area (Å²) in [7, 11) is 1.61. The van der Waals surface area contributed by atoms with E-state index in [-0.39, 0.29) is 11.9 Å². The molecule has 0 radical (unpaired) electrons. The first-order valence-electron chi connectivity index (χ1n) is 7.46. The highest BCUT2D eigenvalue weighted by molar-refractivity contribution is 5.81. The molecule has 4 nitrogen and oxygen atoms in total. The molecule has 0 bridgehead atoms. The topological polar surface area (TPSA) is 47.6 Å². The van der Waals surface area contributed by atoms with Crippen LogP contribution in [0.15, 0.2) is 24.3 Å². The van der Waals surface area contributed by atoms with Gasteiger partial charge < -0.3 is 14.8 Å². The second-order valence-corrected chi connectivity index (χ2v) is 5.96. The number of rotatable bonds is 7. The van der Waals surface area contributed by atoms with Crippen LogP contribution in [0.3, 0.4) is 0 Å². The van der Waals surface area contributed by atoms with Gasteiger partial charge in [0.25, 0.3) is 5.91 Å². The molecule has 4 heteroatoms. The van der Waals surface area contributed by atoms with E-state index in [0.29, 0.717) is 17.6 Å². The molecule has 0 fully saturated rings. The molecule has 0 aromatic heterocycles. The Morgan fingerprint density at radius 3 is 1.86 bits per heavy atom. The largest absolute Gasteiger partial charge is 0.497 e. The average Bonchev–Trinajstić information content (AvgIpc) is 2.44. The summed E-state index contributed by atoms with van der Waals surface area (Å²) < 4.78 is 10.8. The molecule has 1 unspecified atom stereocenters. The van der Waals surface area contributed by atoms with Gasteiger partial charge in [-0.15, -0.1) is 0 Å². The zero-order chi connectivity index (χ0) is 16.0. The van der Waals surface area contributed by atoms with Gasteiger partial charge in [0.2, 0.25) is 0 Å². The van der Waals surface area contributed by atoms with Crippen LogP contribution in [-0.4, -0.2) is 25.2 Å². The van der Waals surface area contributed by atoms with Crippen LogP contribution in [0.25, 0.3) is 0 Å². The molecule has 0 aliphatic heterocycles. The molecule has 21 heavy (non-hydrogen) atoms. The Kier molecular flexibility index (Phi) is 6.53. The number of benzene rings is 1. The van der Waals surface area contributed by atoms with Gasteiger partial charge in [0.15, 0.2) is 6.10 Å². The highest BCUT2D eigenvalue weighted by atomic mass is 16.5. The molecule has 0 heterocycles. The molecule has 1 aromatic rings. The van der Waals surface area contributed by atoms with Gasteiger partial charge in [-0.05, 0) is 43.0 Å². The second-order valence-electron chi connectivity index (χ2n) is 5.96. The van der Waals surface area contributed by atoms with Gasteiger partial charge in [0, 0.05) is 6.04 Å². The zero-order valence-electron chi connectivity index (χ0n) is 13.8. The number of methoxy groups -OCH3 is 1. The maximum atomic E-state index is 12.2. The molecule has 0 spiro atoms. The molecule has 0 saturated heterocycles. The lowest BCUT2D eigenvalue weighted by atomic mass is 9.93. The smallest absolute Gasteiger partial charge is 0.261 e. The van der Waals surface area contributed by atoms with Gasteiger partial charge in [0.05, 0.1) is 7.11 Å². The van der Waals surface area contributed by atoms with E-state index in [4.69, 9.17) is 9.47 Å². The van der Waals surface area contributed by atoms with Crippen molar-refractivity contribution in [2.75, 3.05) is 7.11 Å². The summed E-state index contributed by atoms with van der Waals surface area (Å²) in [4.78, 5) is 12.2. The Balaban J connectivity index is 2.61. The average molecular weight is 293 g/mol. The Morgan fingerprint density at radius 1 is 0.952 bits per heavy atom. The van der Waals surface area contributed by atoms with E-state index in [2.05, 4.69) is 33.0 Å². The van der Waals surface area contributed by atoms with E-state index in [9.17, 15) is 4.79 Å². The van der Waals surface area contributed by atoms with Gasteiger partial charge in [-0.25, -0.2) is 0 Å². The van der Waals surface area contributed by atoms with Gasteiger partial charge in [-0.1, -0.05) is 27.7 Å². The number of nitrogens with one attached hydrogen (secondary N) is 1.